The van der Waals surface area contributed by atoms with Gasteiger partial charge in [0.2, 0.25) is 0 Å². The van der Waals surface area contributed by atoms with Gasteiger partial charge in [0.25, 0.3) is 0 Å². The van der Waals surface area contributed by atoms with Crippen molar-refractivity contribution in [3.05, 3.63) is 34.6 Å². The molecule has 5 nitrogen and oxygen atoms in total. The number of hydrogen-bond donors (Lipinski definition) is 1. The number of hydrogen-bond acceptors (Lipinski definition) is 3. The molecule has 0 unspecified atom stereocenters. The van der Waals surface area contributed by atoms with Gasteiger partial charge in [0.1, 0.15) is 11.5 Å². The van der Waals surface area contributed by atoms with Gasteiger partial charge < -0.3 is 0 Å². The van der Waals surface area contributed by atoms with Gasteiger partial charge in [-0.15, -0.1) is 0 Å². The summed E-state index contributed by atoms with van der Waals surface area (Å²) in [6.07, 6.45) is 1.08. The number of aromatic nitrogens is 4. The van der Waals surface area contributed by atoms with E-state index in [9.17, 15) is 9.18 Å². The van der Waals surface area contributed by atoms with Crippen molar-refractivity contribution in [2.75, 3.05) is 0 Å². The van der Waals surface area contributed by atoms with Gasteiger partial charge in [-0.3, -0.25) is 4.57 Å². The lowest BCUT2D eigenvalue weighted by Crippen LogP contribution is -2.13. The quantitative estimate of drug-likeness (QED) is 0.710. The molecule has 0 spiro atoms. The van der Waals surface area contributed by atoms with E-state index in [0.29, 0.717) is 11.5 Å². The Kier molecular flexibility index (Phi) is 1.88. The van der Waals surface area contributed by atoms with Crippen LogP contribution in [-0.4, -0.2) is 19.7 Å². The van der Waals surface area contributed by atoms with Crippen LogP contribution in [0, 0.1) is 5.82 Å². The summed E-state index contributed by atoms with van der Waals surface area (Å²) in [7, 11) is 1.56. The number of rotatable bonds is 1. The highest BCUT2D eigenvalue weighted by Crippen LogP contribution is 2.10. The van der Waals surface area contributed by atoms with Gasteiger partial charge in [-0.05, 0) is 12.1 Å². The maximum absolute atomic E-state index is 12.5. The Morgan fingerprint density at radius 3 is 2.79 bits per heavy atom. The van der Waals surface area contributed by atoms with Crippen molar-refractivity contribution in [2.24, 2.45) is 7.05 Å². The average molecular weight is 194 g/mol. The Labute approximate surface area is 78.2 Å². The number of nitrogens with zero attached hydrogens (tertiary/aromatic N) is 3. The second kappa shape index (κ2) is 3.06. The van der Waals surface area contributed by atoms with Crippen molar-refractivity contribution < 1.29 is 4.39 Å². The number of aromatic amines is 1. The third kappa shape index (κ3) is 1.30. The molecule has 6 heteroatoms. The summed E-state index contributed by atoms with van der Waals surface area (Å²) >= 11 is 0. The van der Waals surface area contributed by atoms with E-state index in [1.807, 2.05) is 0 Å². The van der Waals surface area contributed by atoms with Crippen molar-refractivity contribution in [2.45, 2.75) is 0 Å². The predicted octanol–water partition coefficient (Wildman–Crippen LogP) is 0.309. The Bertz CT molecular complexity index is 499. The van der Waals surface area contributed by atoms with Crippen molar-refractivity contribution in [3.63, 3.8) is 0 Å². The third-order valence-electron chi connectivity index (χ3n) is 1.84. The zero-order chi connectivity index (χ0) is 10.1. The molecule has 2 heterocycles. The largest absolute Gasteiger partial charge is 0.343 e. The van der Waals surface area contributed by atoms with Gasteiger partial charge in [0.05, 0.1) is 6.20 Å². The molecule has 14 heavy (non-hydrogen) atoms. The minimum Gasteiger partial charge on any atom is -0.277 e. The van der Waals surface area contributed by atoms with Crippen LogP contribution in [0.4, 0.5) is 4.39 Å². The monoisotopic (exact) mass is 194 g/mol. The van der Waals surface area contributed by atoms with Crippen molar-refractivity contribution in [1.82, 2.24) is 19.7 Å². The van der Waals surface area contributed by atoms with Crippen LogP contribution in [0.1, 0.15) is 0 Å². The molecule has 1 N–H and O–H groups in total. The van der Waals surface area contributed by atoms with E-state index in [1.54, 1.807) is 7.05 Å². The summed E-state index contributed by atoms with van der Waals surface area (Å²) in [6.45, 7) is 0. The van der Waals surface area contributed by atoms with Crippen LogP contribution >= 0.6 is 0 Å². The van der Waals surface area contributed by atoms with Crippen LogP contribution in [-0.2, 0) is 7.05 Å². The van der Waals surface area contributed by atoms with E-state index in [1.165, 1.54) is 16.7 Å². The Balaban J connectivity index is 2.55. The fourth-order valence-electron chi connectivity index (χ4n) is 1.08. The average Bonchev–Trinajstić information content (AvgIpc) is 2.50. The van der Waals surface area contributed by atoms with Crippen molar-refractivity contribution in [1.29, 1.82) is 0 Å². The molecule has 0 amide bonds. The number of pyridine rings is 1. The topological polar surface area (TPSA) is 63.6 Å². The van der Waals surface area contributed by atoms with Crippen LogP contribution in [0.5, 0.6) is 0 Å². The van der Waals surface area contributed by atoms with E-state index in [2.05, 4.69) is 15.2 Å². The highest BCUT2D eigenvalue weighted by atomic mass is 19.1. The minimum absolute atomic E-state index is 0.328. The van der Waals surface area contributed by atoms with Gasteiger partial charge in [0, 0.05) is 7.05 Å². The zero-order valence-corrected chi connectivity index (χ0v) is 7.36. The Morgan fingerprint density at radius 1 is 1.50 bits per heavy atom. The van der Waals surface area contributed by atoms with E-state index in [4.69, 9.17) is 0 Å². The zero-order valence-electron chi connectivity index (χ0n) is 7.36. The highest BCUT2D eigenvalue weighted by molar-refractivity contribution is 5.47. The number of H-pyrrole nitrogens is 1. The van der Waals surface area contributed by atoms with E-state index < -0.39 is 5.82 Å². The second-order valence-corrected chi connectivity index (χ2v) is 2.77. The molecule has 2 rings (SSSR count). The lowest BCUT2D eigenvalue weighted by molar-refractivity contribution is 0.621. The molecule has 0 saturated heterocycles. The first-order valence-corrected chi connectivity index (χ1v) is 3.92. The summed E-state index contributed by atoms with van der Waals surface area (Å²) in [6, 6.07) is 2.73. The normalized spacial score (nSPS) is 10.4. The summed E-state index contributed by atoms with van der Waals surface area (Å²) in [4.78, 5) is 14.8. The molecular weight excluding hydrogens is 187 g/mol. The predicted molar refractivity (Wildman–Crippen MR) is 47.0 cm³/mol. The SMILES string of the molecule is Cn1c(-c2ccc(F)cn2)n[nH]c1=O. The molecule has 0 bridgehead atoms. The van der Waals surface area contributed by atoms with E-state index >= 15 is 0 Å². The van der Waals surface area contributed by atoms with Gasteiger partial charge in [-0.2, -0.15) is 5.10 Å². The first kappa shape index (κ1) is 8.61. The molecule has 0 aliphatic rings. The Morgan fingerprint density at radius 2 is 2.29 bits per heavy atom. The molecular formula is C8H7FN4O. The van der Waals surface area contributed by atoms with E-state index in [-0.39, 0.29) is 5.69 Å². The molecule has 2 aromatic heterocycles. The summed E-state index contributed by atoms with van der Waals surface area (Å²) in [5.74, 6) is -0.0377. The molecule has 72 valence electrons. The molecule has 0 aliphatic heterocycles. The minimum atomic E-state index is -0.422. The van der Waals surface area contributed by atoms with E-state index in [0.717, 1.165) is 6.20 Å². The standard InChI is InChI=1S/C8H7FN4O/c1-13-7(11-12-8(13)14)6-3-2-5(9)4-10-6/h2-4H,1H3,(H,12,14). The molecule has 2 aromatic rings. The Hall–Kier alpha value is -1.98. The van der Waals surface area contributed by atoms with Crippen molar-refractivity contribution in [3.8, 4) is 11.5 Å². The third-order valence-corrected chi connectivity index (χ3v) is 1.84. The van der Waals surface area contributed by atoms with Gasteiger partial charge in [-0.25, -0.2) is 19.3 Å². The van der Waals surface area contributed by atoms with Crippen LogP contribution < -0.4 is 5.69 Å². The van der Waals surface area contributed by atoms with Gasteiger partial charge in [-0.1, -0.05) is 0 Å². The highest BCUT2D eigenvalue weighted by Gasteiger charge is 2.07. The molecule has 0 atom stereocenters. The van der Waals surface area contributed by atoms with Crippen LogP contribution in [0.25, 0.3) is 11.5 Å². The fourth-order valence-corrected chi connectivity index (χ4v) is 1.08. The number of nitrogens with one attached hydrogen (secondary N) is 1. The first-order chi connectivity index (χ1) is 6.68. The van der Waals surface area contributed by atoms with Crippen LogP contribution in [0.15, 0.2) is 23.1 Å². The number of halogens is 1. The second-order valence-electron chi connectivity index (χ2n) is 2.77. The maximum Gasteiger partial charge on any atom is 0.343 e. The summed E-state index contributed by atoms with van der Waals surface area (Å²) in [5.41, 5.74) is 0.123. The lowest BCUT2D eigenvalue weighted by atomic mass is 10.3. The molecule has 0 fully saturated rings. The fraction of sp³-hybridized carbons (Fsp3) is 0.125. The first-order valence-electron chi connectivity index (χ1n) is 3.92. The summed E-state index contributed by atoms with van der Waals surface area (Å²) < 4.78 is 13.9. The maximum atomic E-state index is 12.5. The van der Waals surface area contributed by atoms with Crippen molar-refractivity contribution >= 4 is 0 Å². The summed E-state index contributed by atoms with van der Waals surface area (Å²) in [5, 5.41) is 6.03. The van der Waals surface area contributed by atoms with Gasteiger partial charge in [0.15, 0.2) is 5.82 Å². The van der Waals surface area contributed by atoms with Gasteiger partial charge >= 0.3 is 5.69 Å². The molecule has 0 radical (unpaired) electrons. The smallest absolute Gasteiger partial charge is 0.277 e. The lowest BCUT2D eigenvalue weighted by Gasteiger charge is -1.97. The van der Waals surface area contributed by atoms with Crippen LogP contribution in [0.3, 0.4) is 0 Å². The molecule has 0 aliphatic carbocycles. The van der Waals surface area contributed by atoms with Crippen LogP contribution in [0.2, 0.25) is 0 Å². The molecule has 0 aromatic carbocycles. The molecule has 0 saturated carbocycles.